The van der Waals surface area contributed by atoms with Crippen LogP contribution in [-0.2, 0) is 4.79 Å². The maximum atomic E-state index is 12.8. The Kier molecular flexibility index (Phi) is 19.5. The molecule has 24 aromatic rings. The Morgan fingerprint density at radius 1 is 0.206 bits per heavy atom. The van der Waals surface area contributed by atoms with Gasteiger partial charge in [0.05, 0.1) is 49.8 Å². The number of carbonyl (C=O) groups is 1. The Labute approximate surface area is 729 Å². The molecule has 0 radical (unpaired) electrons. The number of hydrogen-bond acceptors (Lipinski definition) is 3. The molecule has 8 nitrogen and oxygen atoms in total. The Hall–Kier alpha value is -16.8. The molecular formula is C118H83N7O. The van der Waals surface area contributed by atoms with E-state index in [1.807, 2.05) is 36.4 Å². The molecule has 0 spiro atoms. The van der Waals surface area contributed by atoms with Crippen LogP contribution in [-0.4, -0.2) is 24.2 Å². The van der Waals surface area contributed by atoms with E-state index in [0.717, 1.165) is 61.7 Å². The number of anilines is 6. The first-order valence-electron chi connectivity index (χ1n) is 42.9. The predicted octanol–water partition coefficient (Wildman–Crippen LogP) is 31.6. The zero-order valence-corrected chi connectivity index (χ0v) is 69.2. The molecule has 0 aliphatic rings. The first-order chi connectivity index (χ1) is 62.3. The third-order valence-electron chi connectivity index (χ3n) is 24.6. The van der Waals surface area contributed by atoms with Gasteiger partial charge >= 0.3 is 0 Å². The molecule has 0 aliphatic carbocycles. The Morgan fingerprint density at radius 2 is 0.468 bits per heavy atom. The van der Waals surface area contributed by atoms with E-state index in [9.17, 15) is 4.79 Å². The molecular weight excluding hydrogens is 1530 g/mol. The Morgan fingerprint density at radius 3 is 0.849 bits per heavy atom. The highest BCUT2D eigenvalue weighted by Crippen LogP contribution is 2.42. The van der Waals surface area contributed by atoms with Crippen molar-refractivity contribution < 1.29 is 4.79 Å². The van der Waals surface area contributed by atoms with Crippen LogP contribution in [0.15, 0.2) is 473 Å². The lowest BCUT2D eigenvalue weighted by Crippen LogP contribution is -2.22. The smallest absolute Gasteiger partial charge is 0.228 e. The zero-order chi connectivity index (χ0) is 84.0. The second kappa shape index (κ2) is 32.6. The first kappa shape index (κ1) is 75.4. The summed E-state index contributed by atoms with van der Waals surface area (Å²) in [5.41, 5.74) is 29.9. The van der Waals surface area contributed by atoms with Gasteiger partial charge in [-0.25, -0.2) is 0 Å². The molecule has 2 N–H and O–H groups in total. The third-order valence-corrected chi connectivity index (χ3v) is 24.6. The van der Waals surface area contributed by atoms with Crippen molar-refractivity contribution in [2.75, 3.05) is 15.5 Å². The molecule has 0 aliphatic heterocycles. The average molecular weight is 1620 g/mol. The van der Waals surface area contributed by atoms with Crippen LogP contribution in [0.25, 0.3) is 176 Å². The topological polar surface area (TPSA) is 64.1 Å². The Balaban J connectivity index is 0.000000114. The standard InChI is InChI=1S/C48H33N3.C36H26N2O.C34H24N2/c1-3-11-39(12-4-1)50-45-17-9-7-15-41(45)43-31-35(23-29-47(43)50)33-19-25-37(26-20-33)49-38-27-21-34(22-28-38)36-24-30-48-44(32-36)42-16-8-10-18-46(42)51(48)40-13-5-2-6-14-40;1-25(39)37(34-16-8-10-28-9-2-3-11-31(28)34)29-21-17-26(18-22-29)27-19-23-30(24-20-27)38-35-14-6-4-12-32(35)33-13-5-7-15-36(33)38;1-2-10-29-26(8-1)9-7-13-32(29)35-27-20-16-24(17-21-27)25-18-22-28(23-19-25)36-33-14-5-3-11-30(33)31-12-4-6-15-34(31)36/h1-32,49H;2-24H,1H3;1-23,35H. The van der Waals surface area contributed by atoms with Gasteiger partial charge in [-0.3, -0.25) is 9.69 Å². The fourth-order valence-electron chi connectivity index (χ4n) is 18.6. The van der Waals surface area contributed by atoms with Crippen molar-refractivity contribution in [1.82, 2.24) is 18.3 Å². The van der Waals surface area contributed by atoms with Crippen molar-refractivity contribution in [1.29, 1.82) is 0 Å². The highest BCUT2D eigenvalue weighted by atomic mass is 16.2. The summed E-state index contributed by atoms with van der Waals surface area (Å²) in [4.78, 5) is 14.6. The molecule has 0 saturated carbocycles. The molecule has 4 aromatic heterocycles. The predicted molar refractivity (Wildman–Crippen MR) is 532 cm³/mol. The summed E-state index contributed by atoms with van der Waals surface area (Å²) in [6.07, 6.45) is 0. The van der Waals surface area contributed by atoms with Gasteiger partial charge in [0.15, 0.2) is 0 Å². The van der Waals surface area contributed by atoms with Gasteiger partial charge in [0.2, 0.25) is 5.91 Å². The molecule has 0 atom stereocenters. The van der Waals surface area contributed by atoms with Gasteiger partial charge in [0, 0.05) is 112 Å². The van der Waals surface area contributed by atoms with Crippen molar-refractivity contribution in [3.05, 3.63) is 473 Å². The highest BCUT2D eigenvalue weighted by Gasteiger charge is 2.21. The fraction of sp³-hybridized carbons (Fsp3) is 0.00847. The molecule has 0 bridgehead atoms. The number of aromatic nitrogens is 4. The first-order valence-corrected chi connectivity index (χ1v) is 42.9. The summed E-state index contributed by atoms with van der Waals surface area (Å²) in [6.45, 7) is 1.61. The van der Waals surface area contributed by atoms with E-state index >= 15 is 0 Å². The van der Waals surface area contributed by atoms with Crippen LogP contribution in [0.1, 0.15) is 6.92 Å². The van der Waals surface area contributed by atoms with Crippen molar-refractivity contribution in [3.63, 3.8) is 0 Å². The van der Waals surface area contributed by atoms with Gasteiger partial charge in [-0.2, -0.15) is 0 Å². The summed E-state index contributed by atoms with van der Waals surface area (Å²) in [7, 11) is 0. The summed E-state index contributed by atoms with van der Waals surface area (Å²) in [5.74, 6) is -0.0189. The quantitative estimate of drug-likeness (QED) is 0.114. The van der Waals surface area contributed by atoms with Crippen molar-refractivity contribution in [2.45, 2.75) is 6.92 Å². The highest BCUT2D eigenvalue weighted by molar-refractivity contribution is 6.14. The minimum atomic E-state index is -0.0189. The molecule has 8 heteroatoms. The van der Waals surface area contributed by atoms with Crippen LogP contribution >= 0.6 is 0 Å². The molecule has 596 valence electrons. The van der Waals surface area contributed by atoms with Crippen LogP contribution < -0.4 is 15.5 Å². The number of rotatable bonds is 14. The monoisotopic (exact) mass is 1610 g/mol. The van der Waals surface area contributed by atoms with E-state index in [4.69, 9.17) is 0 Å². The summed E-state index contributed by atoms with van der Waals surface area (Å²) in [6, 6.07) is 168. The van der Waals surface area contributed by atoms with Crippen LogP contribution in [0.5, 0.6) is 0 Å². The zero-order valence-electron chi connectivity index (χ0n) is 69.2. The molecule has 0 unspecified atom stereocenters. The number of nitrogens with zero attached hydrogens (tertiary/aromatic N) is 5. The molecule has 24 rings (SSSR count). The van der Waals surface area contributed by atoms with Crippen LogP contribution in [0.4, 0.5) is 34.1 Å². The summed E-state index contributed by atoms with van der Waals surface area (Å²) < 4.78 is 9.39. The minimum Gasteiger partial charge on any atom is -0.356 e. The van der Waals surface area contributed by atoms with E-state index < -0.39 is 0 Å². The number of hydrogen-bond donors (Lipinski definition) is 2. The average Bonchev–Trinajstić information content (AvgIpc) is 1.63. The van der Waals surface area contributed by atoms with Gasteiger partial charge in [0.1, 0.15) is 0 Å². The number of benzene rings is 20. The molecule has 0 fully saturated rings. The van der Waals surface area contributed by atoms with Crippen LogP contribution in [0.3, 0.4) is 0 Å². The molecule has 4 heterocycles. The number of amides is 1. The number of para-hydroxylation sites is 8. The second-order valence-electron chi connectivity index (χ2n) is 32.1. The lowest BCUT2D eigenvalue weighted by molar-refractivity contribution is -0.115. The summed E-state index contributed by atoms with van der Waals surface area (Å²) >= 11 is 0. The Bertz CT molecular complexity index is 7870. The largest absolute Gasteiger partial charge is 0.356 e. The van der Waals surface area contributed by atoms with Gasteiger partial charge in [0.25, 0.3) is 0 Å². The van der Waals surface area contributed by atoms with Crippen molar-refractivity contribution >= 4 is 149 Å². The number of fused-ring (bicyclic) bond motifs is 14. The van der Waals surface area contributed by atoms with E-state index in [-0.39, 0.29) is 5.91 Å². The van der Waals surface area contributed by atoms with E-state index in [0.29, 0.717) is 0 Å². The second-order valence-corrected chi connectivity index (χ2v) is 32.1. The van der Waals surface area contributed by atoms with Crippen molar-refractivity contribution in [2.24, 2.45) is 0 Å². The third kappa shape index (κ3) is 14.1. The fourth-order valence-corrected chi connectivity index (χ4v) is 18.6. The normalized spacial score (nSPS) is 11.4. The van der Waals surface area contributed by atoms with Gasteiger partial charge in [-0.15, -0.1) is 0 Å². The van der Waals surface area contributed by atoms with E-state index in [1.54, 1.807) is 11.8 Å². The van der Waals surface area contributed by atoms with E-state index in [1.165, 1.54) is 148 Å². The molecule has 1 amide bonds. The molecule has 126 heavy (non-hydrogen) atoms. The number of carbonyl (C=O) groups excluding carboxylic acids is 1. The van der Waals surface area contributed by atoms with Gasteiger partial charge < -0.3 is 28.9 Å². The minimum absolute atomic E-state index is 0.0189. The van der Waals surface area contributed by atoms with Crippen molar-refractivity contribution in [3.8, 4) is 67.3 Å². The lowest BCUT2D eigenvalue weighted by Gasteiger charge is -2.23. The van der Waals surface area contributed by atoms with E-state index in [2.05, 4.69) is 466 Å². The number of nitrogens with one attached hydrogen (secondary N) is 2. The molecule has 20 aromatic carbocycles. The maximum Gasteiger partial charge on any atom is 0.228 e. The van der Waals surface area contributed by atoms with Crippen LogP contribution in [0, 0.1) is 0 Å². The molecule has 0 saturated heterocycles. The van der Waals surface area contributed by atoms with Gasteiger partial charge in [-0.1, -0.05) is 303 Å². The summed E-state index contributed by atoms with van der Waals surface area (Å²) in [5, 5.41) is 22.0. The van der Waals surface area contributed by atoms with Gasteiger partial charge in [-0.05, 0) is 225 Å². The van der Waals surface area contributed by atoms with Crippen LogP contribution in [0.2, 0.25) is 0 Å². The lowest BCUT2D eigenvalue weighted by atomic mass is 10.0. The maximum absolute atomic E-state index is 12.8. The SMILES string of the molecule is CC(=O)N(c1ccc(-c2ccc(-n3c4ccccc4c4ccccc43)cc2)cc1)c1cccc2ccccc12.c1ccc(-n2c3ccccc3c3cc(-c4ccc(Nc5ccc(-c6ccc7c(c6)c6ccccc6n7-c6ccccc6)cc5)cc4)ccc32)cc1.c1ccc2c(Nc3ccc(-c4ccc(-n5c6ccccc6c6ccccc65)cc4)cc3)cccc2c1.